The molecule has 11 heteroatoms. The van der Waals surface area contributed by atoms with Crippen LogP contribution in [0.3, 0.4) is 0 Å². The lowest BCUT2D eigenvalue weighted by Gasteiger charge is -2.39. The molecule has 6 unspecified atom stereocenters. The maximum Gasteiger partial charge on any atom is 0.390 e. The Hall–Kier alpha value is -2.59. The minimum atomic E-state index is -4.18. The molecule has 0 bridgehead atoms. The number of esters is 2. The highest BCUT2D eigenvalue weighted by Crippen LogP contribution is 2.65. The maximum absolute atomic E-state index is 14.4. The van der Waals surface area contributed by atoms with Gasteiger partial charge in [0, 0.05) is 20.8 Å². The van der Waals surface area contributed by atoms with Crippen LogP contribution in [0.4, 0.5) is 0 Å². The van der Waals surface area contributed by atoms with Crippen molar-refractivity contribution in [3.8, 4) is 0 Å². The Bertz CT molecular complexity index is 1080. The SMILES string of the molecule is CC(=O)OC1C(C)OC2OC(C)(P(=O)(OCc3ccccc3)OCc3ccccc3)OC2C1OC(C)=O. The highest BCUT2D eigenvalue weighted by Gasteiger charge is 2.65. The molecule has 2 aromatic rings. The van der Waals surface area contributed by atoms with Crippen LogP contribution in [0.5, 0.6) is 0 Å². The van der Waals surface area contributed by atoms with E-state index in [1.165, 1.54) is 20.8 Å². The van der Waals surface area contributed by atoms with Gasteiger partial charge in [-0.3, -0.25) is 14.2 Å². The fraction of sp³-hybridized carbons (Fsp3) is 0.462. The Labute approximate surface area is 215 Å². The summed E-state index contributed by atoms with van der Waals surface area (Å²) in [5.74, 6) is -1.20. The number of hydrogen-bond donors (Lipinski definition) is 0. The molecule has 2 aromatic carbocycles. The third-order valence-corrected chi connectivity index (χ3v) is 8.15. The fourth-order valence-electron chi connectivity index (χ4n) is 4.24. The Kier molecular flexibility index (Phi) is 8.48. The Morgan fingerprint density at radius 1 is 0.838 bits per heavy atom. The van der Waals surface area contributed by atoms with E-state index in [-0.39, 0.29) is 13.2 Å². The summed E-state index contributed by atoms with van der Waals surface area (Å²) in [5.41, 5.74) is -0.389. The molecular formula is C26H31O10P. The molecule has 0 N–H and O–H groups in total. The predicted molar refractivity (Wildman–Crippen MR) is 130 cm³/mol. The van der Waals surface area contributed by atoms with E-state index in [0.717, 1.165) is 11.1 Å². The Morgan fingerprint density at radius 3 is 1.81 bits per heavy atom. The molecule has 2 heterocycles. The molecule has 0 aromatic heterocycles. The normalized spacial score (nSPS) is 29.4. The Morgan fingerprint density at radius 2 is 1.32 bits per heavy atom. The van der Waals surface area contributed by atoms with Gasteiger partial charge in [-0.2, -0.15) is 0 Å². The molecule has 0 spiro atoms. The molecule has 0 aliphatic carbocycles. The van der Waals surface area contributed by atoms with E-state index in [4.69, 9.17) is 32.7 Å². The first-order chi connectivity index (χ1) is 17.6. The van der Waals surface area contributed by atoms with Gasteiger partial charge in [-0.15, -0.1) is 0 Å². The zero-order chi connectivity index (χ0) is 26.6. The smallest absolute Gasteiger partial charge is 0.390 e. The van der Waals surface area contributed by atoms with Crippen molar-refractivity contribution in [3.05, 3.63) is 71.8 Å². The van der Waals surface area contributed by atoms with Gasteiger partial charge in [0.2, 0.25) is 0 Å². The van der Waals surface area contributed by atoms with Crippen LogP contribution in [-0.2, 0) is 60.1 Å². The minimum Gasteiger partial charge on any atom is -0.456 e. The lowest BCUT2D eigenvalue weighted by atomic mass is 9.99. The molecule has 4 rings (SSSR count). The summed E-state index contributed by atoms with van der Waals surface area (Å²) in [6.45, 7) is 5.48. The van der Waals surface area contributed by atoms with Crippen molar-refractivity contribution in [3.63, 3.8) is 0 Å². The van der Waals surface area contributed by atoms with E-state index in [0.29, 0.717) is 0 Å². The summed E-state index contributed by atoms with van der Waals surface area (Å²) < 4.78 is 55.1. The van der Waals surface area contributed by atoms with Crippen LogP contribution < -0.4 is 0 Å². The second-order valence-corrected chi connectivity index (χ2v) is 11.3. The van der Waals surface area contributed by atoms with E-state index in [1.807, 2.05) is 60.7 Å². The monoisotopic (exact) mass is 534 g/mol. The molecule has 0 amide bonds. The van der Waals surface area contributed by atoms with E-state index in [1.54, 1.807) is 6.92 Å². The largest absolute Gasteiger partial charge is 0.456 e. The van der Waals surface area contributed by atoms with Crippen LogP contribution in [0, 0.1) is 0 Å². The summed E-state index contributed by atoms with van der Waals surface area (Å²) in [6, 6.07) is 18.4. The van der Waals surface area contributed by atoms with Gasteiger partial charge < -0.3 is 32.7 Å². The topological polar surface area (TPSA) is 116 Å². The standard InChI is InChI=1S/C26H31O10P/c1-17-22(33-18(2)27)23(34-19(3)28)24-25(32-17)36-26(4,35-24)37(29,30-15-20-11-7-5-8-12-20)31-16-21-13-9-6-10-14-21/h5-14,17,22-25H,15-16H2,1-4H3. The minimum absolute atomic E-state index is 0.0365. The van der Waals surface area contributed by atoms with Crippen molar-refractivity contribution in [2.75, 3.05) is 0 Å². The molecule has 37 heavy (non-hydrogen) atoms. The van der Waals surface area contributed by atoms with E-state index in [2.05, 4.69) is 0 Å². The van der Waals surface area contributed by atoms with Crippen molar-refractivity contribution in [1.82, 2.24) is 0 Å². The molecule has 2 saturated heterocycles. The van der Waals surface area contributed by atoms with Gasteiger partial charge in [0.15, 0.2) is 24.6 Å². The van der Waals surface area contributed by atoms with Crippen molar-refractivity contribution in [2.45, 2.75) is 77.1 Å². The molecular weight excluding hydrogens is 503 g/mol. The molecule has 2 aliphatic rings. The van der Waals surface area contributed by atoms with E-state index in [9.17, 15) is 14.2 Å². The van der Waals surface area contributed by atoms with Crippen molar-refractivity contribution in [1.29, 1.82) is 0 Å². The number of carbonyl (C=O) groups is 2. The summed E-state index contributed by atoms with van der Waals surface area (Å²) in [7, 11) is -4.18. The van der Waals surface area contributed by atoms with Crippen molar-refractivity contribution >= 4 is 19.5 Å². The number of carbonyl (C=O) groups excluding carboxylic acids is 2. The first-order valence-corrected chi connectivity index (χ1v) is 13.5. The third kappa shape index (κ3) is 6.29. The fourth-order valence-corrected chi connectivity index (χ4v) is 5.90. The molecule has 200 valence electrons. The van der Waals surface area contributed by atoms with Crippen LogP contribution in [-0.4, -0.2) is 48.2 Å². The first kappa shape index (κ1) is 27.4. The highest BCUT2D eigenvalue weighted by molar-refractivity contribution is 7.55. The van der Waals surface area contributed by atoms with Crippen LogP contribution >= 0.6 is 7.60 Å². The number of benzene rings is 2. The second kappa shape index (κ2) is 11.4. The van der Waals surface area contributed by atoms with Crippen LogP contribution in [0.25, 0.3) is 0 Å². The average Bonchev–Trinajstić information content (AvgIpc) is 3.22. The van der Waals surface area contributed by atoms with Gasteiger partial charge in [-0.25, -0.2) is 0 Å². The summed E-state index contributed by atoms with van der Waals surface area (Å²) >= 11 is 0. The second-order valence-electron chi connectivity index (χ2n) is 8.97. The van der Waals surface area contributed by atoms with Crippen molar-refractivity contribution < 1.29 is 46.9 Å². The summed E-state index contributed by atoms with van der Waals surface area (Å²) in [6.07, 6.45) is -4.92. The molecule has 10 nitrogen and oxygen atoms in total. The van der Waals surface area contributed by atoms with Crippen LogP contribution in [0.15, 0.2) is 60.7 Å². The van der Waals surface area contributed by atoms with Gasteiger partial charge >= 0.3 is 19.5 Å². The van der Waals surface area contributed by atoms with Crippen molar-refractivity contribution in [2.24, 2.45) is 0 Å². The van der Waals surface area contributed by atoms with Gasteiger partial charge in [0.05, 0.1) is 19.3 Å². The quantitative estimate of drug-likeness (QED) is 0.340. The maximum atomic E-state index is 14.4. The number of rotatable bonds is 9. The molecule has 6 atom stereocenters. The first-order valence-electron chi connectivity index (χ1n) is 11.9. The van der Waals surface area contributed by atoms with Gasteiger partial charge in [-0.1, -0.05) is 60.7 Å². The molecule has 0 saturated carbocycles. The lowest BCUT2D eigenvalue weighted by molar-refractivity contribution is -0.254. The number of ether oxygens (including phenoxy) is 5. The van der Waals surface area contributed by atoms with E-state index >= 15 is 0 Å². The number of fused-ring (bicyclic) bond motifs is 1. The molecule has 2 aliphatic heterocycles. The summed E-state index contributed by atoms with van der Waals surface area (Å²) in [4.78, 5) is 23.6. The highest BCUT2D eigenvalue weighted by atomic mass is 31.2. The summed E-state index contributed by atoms with van der Waals surface area (Å²) in [5, 5.41) is 0. The molecule has 0 radical (unpaired) electrons. The zero-order valence-corrected chi connectivity index (χ0v) is 22.0. The number of hydrogen-bond acceptors (Lipinski definition) is 10. The Balaban J connectivity index is 1.62. The van der Waals surface area contributed by atoms with Gasteiger partial charge in [-0.05, 0) is 18.1 Å². The average molecular weight is 534 g/mol. The lowest BCUT2D eigenvalue weighted by Crippen LogP contribution is -2.58. The van der Waals surface area contributed by atoms with Gasteiger partial charge in [0.25, 0.3) is 5.53 Å². The molecule has 2 fully saturated rings. The van der Waals surface area contributed by atoms with Crippen LogP contribution in [0.2, 0.25) is 0 Å². The predicted octanol–water partition coefficient (Wildman–Crippen LogP) is 4.31. The van der Waals surface area contributed by atoms with E-state index < -0.39 is 55.8 Å². The van der Waals surface area contributed by atoms with Crippen LogP contribution in [0.1, 0.15) is 38.8 Å². The zero-order valence-electron chi connectivity index (χ0n) is 21.1. The third-order valence-electron chi connectivity index (χ3n) is 6.01. The van der Waals surface area contributed by atoms with Gasteiger partial charge in [0.1, 0.15) is 0 Å².